The Morgan fingerprint density at radius 1 is 1.03 bits per heavy atom. The topological polar surface area (TPSA) is 120 Å². The smallest absolute Gasteiger partial charge is 0.269 e. The third-order valence-electron chi connectivity index (χ3n) is 4.28. The molecule has 2 N–H and O–H groups in total. The summed E-state index contributed by atoms with van der Waals surface area (Å²) in [5.41, 5.74) is 1.44. The molecular formula is C20H22N4O5S2. The average molecular weight is 463 g/mol. The molecule has 1 amide bonds. The van der Waals surface area contributed by atoms with E-state index >= 15 is 0 Å². The predicted molar refractivity (Wildman–Crippen MR) is 117 cm³/mol. The molecule has 31 heavy (non-hydrogen) atoms. The first-order chi connectivity index (χ1) is 14.9. The van der Waals surface area contributed by atoms with E-state index in [0.29, 0.717) is 29.9 Å². The Labute approximate surface area is 184 Å². The van der Waals surface area contributed by atoms with Gasteiger partial charge in [0.25, 0.3) is 15.9 Å². The van der Waals surface area contributed by atoms with Gasteiger partial charge in [-0.3, -0.25) is 10.1 Å². The van der Waals surface area contributed by atoms with Gasteiger partial charge in [-0.05, 0) is 42.7 Å². The zero-order chi connectivity index (χ0) is 22.3. The molecule has 0 saturated carbocycles. The molecule has 9 nitrogen and oxygen atoms in total. The van der Waals surface area contributed by atoms with Crippen molar-refractivity contribution in [3.63, 3.8) is 0 Å². The van der Waals surface area contributed by atoms with Gasteiger partial charge in [-0.25, -0.2) is 13.1 Å². The summed E-state index contributed by atoms with van der Waals surface area (Å²) in [5.74, 6) is 0.876. The highest BCUT2D eigenvalue weighted by Gasteiger charge is 2.20. The normalized spacial score (nSPS) is 11.2. The first kappa shape index (κ1) is 22.7. The van der Waals surface area contributed by atoms with Gasteiger partial charge in [0.05, 0.1) is 14.2 Å². The van der Waals surface area contributed by atoms with Gasteiger partial charge in [-0.2, -0.15) is 0 Å². The van der Waals surface area contributed by atoms with E-state index in [1.54, 1.807) is 44.6 Å². The maximum Gasteiger partial charge on any atom is 0.269 e. The summed E-state index contributed by atoms with van der Waals surface area (Å²) < 4.78 is 37.7. The van der Waals surface area contributed by atoms with Crippen molar-refractivity contribution >= 4 is 32.4 Å². The summed E-state index contributed by atoms with van der Waals surface area (Å²) >= 11 is 0.791. The lowest BCUT2D eigenvalue weighted by Gasteiger charge is -2.09. The average Bonchev–Trinajstić information content (AvgIpc) is 3.26. The van der Waals surface area contributed by atoms with Gasteiger partial charge in [0.2, 0.25) is 9.47 Å². The SMILES string of the molecule is COc1ccc(CCCNS(=O)(=O)c2nnc(NC(=O)c3ccccc3)s2)cc1OC. The molecule has 2 aromatic carbocycles. The number of carbonyl (C=O) groups is 1. The molecule has 11 heteroatoms. The van der Waals surface area contributed by atoms with Crippen molar-refractivity contribution in [2.75, 3.05) is 26.1 Å². The second-order valence-electron chi connectivity index (χ2n) is 6.38. The van der Waals surface area contributed by atoms with Crippen LogP contribution in [-0.4, -0.2) is 45.3 Å². The molecule has 0 bridgehead atoms. The van der Waals surface area contributed by atoms with Crippen molar-refractivity contribution in [1.29, 1.82) is 0 Å². The molecule has 1 aromatic heterocycles. The second-order valence-corrected chi connectivity index (χ2v) is 9.30. The van der Waals surface area contributed by atoms with Crippen molar-refractivity contribution in [2.45, 2.75) is 17.2 Å². The zero-order valence-electron chi connectivity index (χ0n) is 17.0. The van der Waals surface area contributed by atoms with Gasteiger partial charge >= 0.3 is 0 Å². The number of sulfonamides is 1. The van der Waals surface area contributed by atoms with Crippen molar-refractivity contribution in [3.8, 4) is 11.5 Å². The van der Waals surface area contributed by atoms with Crippen LogP contribution in [0.3, 0.4) is 0 Å². The van der Waals surface area contributed by atoms with Gasteiger partial charge < -0.3 is 9.47 Å². The summed E-state index contributed by atoms with van der Waals surface area (Å²) in [6, 6.07) is 14.1. The Morgan fingerprint density at radius 2 is 1.77 bits per heavy atom. The number of nitrogens with one attached hydrogen (secondary N) is 2. The monoisotopic (exact) mass is 462 g/mol. The number of rotatable bonds is 10. The highest BCUT2D eigenvalue weighted by molar-refractivity contribution is 7.91. The number of carbonyl (C=O) groups excluding carboxylic acids is 1. The lowest BCUT2D eigenvalue weighted by molar-refractivity contribution is 0.102. The fourth-order valence-electron chi connectivity index (χ4n) is 2.72. The number of ether oxygens (including phenoxy) is 2. The van der Waals surface area contributed by atoms with Crippen LogP contribution < -0.4 is 19.5 Å². The molecule has 1 heterocycles. The number of hydrogen-bond donors (Lipinski definition) is 2. The Bertz CT molecular complexity index is 1130. The van der Waals surface area contributed by atoms with E-state index in [9.17, 15) is 13.2 Å². The maximum atomic E-state index is 12.4. The zero-order valence-corrected chi connectivity index (χ0v) is 18.6. The minimum atomic E-state index is -3.82. The van der Waals surface area contributed by atoms with E-state index < -0.39 is 10.0 Å². The highest BCUT2D eigenvalue weighted by Crippen LogP contribution is 2.28. The molecule has 0 aliphatic carbocycles. The molecule has 0 fully saturated rings. The van der Waals surface area contributed by atoms with Gasteiger partial charge in [-0.1, -0.05) is 35.6 Å². The van der Waals surface area contributed by atoms with E-state index in [0.717, 1.165) is 16.9 Å². The van der Waals surface area contributed by atoms with Crippen LogP contribution >= 0.6 is 11.3 Å². The number of amides is 1. The molecule has 3 rings (SSSR count). The number of methoxy groups -OCH3 is 2. The third-order valence-corrected chi connectivity index (χ3v) is 6.94. The maximum absolute atomic E-state index is 12.4. The lowest BCUT2D eigenvalue weighted by Crippen LogP contribution is -2.25. The molecule has 164 valence electrons. The molecule has 0 atom stereocenters. The van der Waals surface area contributed by atoms with Crippen molar-refractivity contribution in [3.05, 3.63) is 59.7 Å². The molecule has 0 saturated heterocycles. The Kier molecular flexibility index (Phi) is 7.55. The largest absolute Gasteiger partial charge is 0.493 e. The Hall–Kier alpha value is -3.02. The van der Waals surface area contributed by atoms with E-state index in [1.807, 2.05) is 18.2 Å². The lowest BCUT2D eigenvalue weighted by atomic mass is 10.1. The number of hydrogen-bond acceptors (Lipinski definition) is 8. The minimum absolute atomic E-state index is 0.111. The van der Waals surface area contributed by atoms with Crippen LogP contribution in [0.25, 0.3) is 0 Å². The molecule has 0 aliphatic rings. The summed E-state index contributed by atoms with van der Waals surface area (Å²) in [6.45, 7) is 0.224. The predicted octanol–water partition coefficient (Wildman–Crippen LogP) is 2.72. The minimum Gasteiger partial charge on any atom is -0.493 e. The molecular weight excluding hydrogens is 440 g/mol. The summed E-state index contributed by atoms with van der Waals surface area (Å²) in [5, 5.41) is 10.1. The van der Waals surface area contributed by atoms with Gasteiger partial charge in [-0.15, -0.1) is 10.2 Å². The van der Waals surface area contributed by atoms with E-state index in [2.05, 4.69) is 20.2 Å². The number of aryl methyl sites for hydroxylation is 1. The van der Waals surface area contributed by atoms with E-state index in [4.69, 9.17) is 9.47 Å². The fraction of sp³-hybridized carbons (Fsp3) is 0.250. The van der Waals surface area contributed by atoms with Crippen molar-refractivity contribution < 1.29 is 22.7 Å². The van der Waals surface area contributed by atoms with Crippen LogP contribution in [0.5, 0.6) is 11.5 Å². The van der Waals surface area contributed by atoms with Crippen LogP contribution in [0.4, 0.5) is 5.13 Å². The molecule has 0 spiro atoms. The summed E-state index contributed by atoms with van der Waals surface area (Å²) in [7, 11) is -0.687. The number of nitrogens with zero attached hydrogens (tertiary/aromatic N) is 2. The molecule has 0 unspecified atom stereocenters. The molecule has 0 radical (unpaired) electrons. The first-order valence-corrected chi connectivity index (χ1v) is 11.6. The molecule has 3 aromatic rings. The number of anilines is 1. The Balaban J connectivity index is 1.53. The van der Waals surface area contributed by atoms with Gasteiger partial charge in [0.15, 0.2) is 11.5 Å². The fourth-order valence-corrected chi connectivity index (χ4v) is 4.73. The van der Waals surface area contributed by atoms with Gasteiger partial charge in [0.1, 0.15) is 0 Å². The van der Waals surface area contributed by atoms with E-state index in [1.165, 1.54) is 0 Å². The highest BCUT2D eigenvalue weighted by atomic mass is 32.2. The van der Waals surface area contributed by atoms with Gasteiger partial charge in [0, 0.05) is 12.1 Å². The van der Waals surface area contributed by atoms with Crippen molar-refractivity contribution in [1.82, 2.24) is 14.9 Å². The standard InChI is InChI=1S/C20H22N4O5S2/c1-28-16-11-10-14(13-17(16)29-2)7-6-12-21-31(26,27)20-24-23-19(30-20)22-18(25)15-8-4-3-5-9-15/h3-5,8-11,13,21H,6-7,12H2,1-2H3,(H,22,23,25). The summed E-state index contributed by atoms with van der Waals surface area (Å²) in [6.07, 6.45) is 1.22. The third kappa shape index (κ3) is 6.00. The first-order valence-electron chi connectivity index (χ1n) is 9.33. The quantitative estimate of drug-likeness (QED) is 0.351. The van der Waals surface area contributed by atoms with Crippen LogP contribution in [0.15, 0.2) is 52.9 Å². The van der Waals surface area contributed by atoms with Crippen LogP contribution in [-0.2, 0) is 16.4 Å². The number of benzene rings is 2. The van der Waals surface area contributed by atoms with Crippen LogP contribution in [0.2, 0.25) is 0 Å². The van der Waals surface area contributed by atoms with Crippen LogP contribution in [0.1, 0.15) is 22.3 Å². The summed E-state index contributed by atoms with van der Waals surface area (Å²) in [4.78, 5) is 12.2. The molecule has 0 aliphatic heterocycles. The second kappa shape index (κ2) is 10.3. The number of aromatic nitrogens is 2. The van der Waals surface area contributed by atoms with Crippen LogP contribution in [0, 0.1) is 0 Å². The van der Waals surface area contributed by atoms with E-state index in [-0.39, 0.29) is 21.9 Å². The van der Waals surface area contributed by atoms with Crippen molar-refractivity contribution in [2.24, 2.45) is 0 Å². The Morgan fingerprint density at radius 3 is 2.48 bits per heavy atom.